The first-order valence-electron chi connectivity index (χ1n) is 10.4. The van der Waals surface area contributed by atoms with Crippen molar-refractivity contribution in [1.82, 2.24) is 20.1 Å². The molecule has 1 aliphatic rings. The highest BCUT2D eigenvalue weighted by molar-refractivity contribution is 5.77. The molecule has 2 heterocycles. The van der Waals surface area contributed by atoms with E-state index in [9.17, 15) is 4.79 Å². The van der Waals surface area contributed by atoms with Gasteiger partial charge in [-0.2, -0.15) is 0 Å². The highest BCUT2D eigenvalue weighted by Gasteiger charge is 2.26. The number of benzene rings is 1. The molecule has 0 saturated heterocycles. The van der Waals surface area contributed by atoms with Gasteiger partial charge in [-0.05, 0) is 57.4 Å². The lowest BCUT2D eigenvalue weighted by Gasteiger charge is -2.20. The Kier molecular flexibility index (Phi) is 5.61. The average molecular weight is 409 g/mol. The molecule has 3 aromatic rings. The number of hydrogen-bond donors (Lipinski definition) is 1. The van der Waals surface area contributed by atoms with Crippen LogP contribution in [0.5, 0.6) is 5.75 Å². The van der Waals surface area contributed by atoms with Crippen LogP contribution in [0.15, 0.2) is 34.7 Å². The maximum absolute atomic E-state index is 12.7. The first-order chi connectivity index (χ1) is 14.5. The fraction of sp³-hybridized carbons (Fsp3) is 0.435. The molecule has 1 N–H and O–H groups in total. The van der Waals surface area contributed by atoms with Crippen LogP contribution >= 0.6 is 0 Å². The van der Waals surface area contributed by atoms with E-state index in [4.69, 9.17) is 9.15 Å². The maximum Gasteiger partial charge on any atom is 0.249 e. The van der Waals surface area contributed by atoms with Crippen molar-refractivity contribution in [3.8, 4) is 17.2 Å². The molecular weight excluding hydrogens is 380 g/mol. The maximum atomic E-state index is 12.7. The van der Waals surface area contributed by atoms with Gasteiger partial charge in [0, 0.05) is 17.3 Å². The van der Waals surface area contributed by atoms with Gasteiger partial charge in [-0.15, -0.1) is 10.2 Å². The van der Waals surface area contributed by atoms with E-state index < -0.39 is 0 Å². The Labute approximate surface area is 176 Å². The zero-order valence-corrected chi connectivity index (χ0v) is 17.9. The summed E-state index contributed by atoms with van der Waals surface area (Å²) < 4.78 is 13.1. The van der Waals surface area contributed by atoms with Gasteiger partial charge in [0.2, 0.25) is 17.7 Å². The van der Waals surface area contributed by atoms with Gasteiger partial charge in [0.15, 0.2) is 0 Å². The second kappa shape index (κ2) is 8.34. The molecule has 1 fully saturated rings. The van der Waals surface area contributed by atoms with Crippen molar-refractivity contribution in [3.63, 3.8) is 0 Å². The molecule has 1 aromatic carbocycles. The molecule has 2 aromatic heterocycles. The Hall–Kier alpha value is -3.09. The summed E-state index contributed by atoms with van der Waals surface area (Å²) >= 11 is 0. The molecule has 0 aliphatic heterocycles. The predicted molar refractivity (Wildman–Crippen MR) is 113 cm³/mol. The summed E-state index contributed by atoms with van der Waals surface area (Å²) in [7, 11) is 1.64. The van der Waals surface area contributed by atoms with Crippen LogP contribution in [0.2, 0.25) is 0 Å². The van der Waals surface area contributed by atoms with Gasteiger partial charge >= 0.3 is 0 Å². The minimum atomic E-state index is -0.0972. The number of rotatable bonds is 7. The molecule has 0 radical (unpaired) electrons. The van der Waals surface area contributed by atoms with Gasteiger partial charge in [-0.25, -0.2) is 0 Å². The number of aryl methyl sites for hydroxylation is 1. The first-order valence-corrected chi connectivity index (χ1v) is 10.4. The quantitative estimate of drug-likeness (QED) is 0.630. The van der Waals surface area contributed by atoms with Crippen molar-refractivity contribution in [2.75, 3.05) is 7.11 Å². The molecule has 0 unspecified atom stereocenters. The molecule has 0 spiro atoms. The van der Waals surface area contributed by atoms with Gasteiger partial charge < -0.3 is 19.0 Å². The number of ether oxygens (including phenoxy) is 1. The van der Waals surface area contributed by atoms with Crippen molar-refractivity contribution in [1.29, 1.82) is 0 Å². The zero-order valence-electron chi connectivity index (χ0n) is 17.9. The minimum Gasteiger partial charge on any atom is -0.497 e. The van der Waals surface area contributed by atoms with E-state index in [1.54, 1.807) is 7.11 Å². The summed E-state index contributed by atoms with van der Waals surface area (Å²) in [5.74, 6) is 2.41. The monoisotopic (exact) mass is 408 g/mol. The molecule has 1 aliphatic carbocycles. The van der Waals surface area contributed by atoms with Gasteiger partial charge in [0.1, 0.15) is 12.3 Å². The van der Waals surface area contributed by atoms with Crippen molar-refractivity contribution >= 4 is 5.91 Å². The van der Waals surface area contributed by atoms with E-state index in [-0.39, 0.29) is 18.5 Å². The van der Waals surface area contributed by atoms with Gasteiger partial charge in [-0.3, -0.25) is 4.79 Å². The molecule has 1 atom stereocenters. The Bertz CT molecular complexity index is 1030. The van der Waals surface area contributed by atoms with Gasteiger partial charge in [0.25, 0.3) is 0 Å². The molecule has 0 bridgehead atoms. The normalized spacial score (nSPS) is 14.9. The third-order valence-electron chi connectivity index (χ3n) is 5.99. The topological polar surface area (TPSA) is 82.2 Å². The minimum absolute atomic E-state index is 0.0487. The molecule has 30 heavy (non-hydrogen) atoms. The number of nitrogens with zero attached hydrogens (tertiary/aromatic N) is 3. The summed E-state index contributed by atoms with van der Waals surface area (Å²) in [5, 5.41) is 11.5. The second-order valence-electron chi connectivity index (χ2n) is 8.01. The summed E-state index contributed by atoms with van der Waals surface area (Å²) in [6.07, 6.45) is 3.46. The molecule has 4 rings (SSSR count). The van der Waals surface area contributed by atoms with Crippen LogP contribution in [0.4, 0.5) is 0 Å². The van der Waals surface area contributed by atoms with Crippen LogP contribution in [-0.2, 0) is 11.3 Å². The van der Waals surface area contributed by atoms with Crippen LogP contribution in [0.3, 0.4) is 0 Å². The number of carbonyl (C=O) groups excluding carboxylic acids is 1. The Morgan fingerprint density at radius 3 is 2.63 bits per heavy atom. The van der Waals surface area contributed by atoms with Crippen molar-refractivity contribution < 1.29 is 13.9 Å². The number of carbonyl (C=O) groups is 1. The first kappa shape index (κ1) is 20.2. The van der Waals surface area contributed by atoms with Crippen LogP contribution in [0, 0.1) is 13.8 Å². The highest BCUT2D eigenvalue weighted by Crippen LogP contribution is 2.37. The highest BCUT2D eigenvalue weighted by atomic mass is 16.5. The Morgan fingerprint density at radius 1 is 1.27 bits per heavy atom. The molecule has 158 valence electrons. The summed E-state index contributed by atoms with van der Waals surface area (Å²) in [5.41, 5.74) is 3.85. The lowest BCUT2D eigenvalue weighted by molar-refractivity contribution is -0.122. The zero-order chi connectivity index (χ0) is 21.3. The fourth-order valence-electron chi connectivity index (χ4n) is 3.83. The van der Waals surface area contributed by atoms with E-state index in [1.165, 1.54) is 6.42 Å². The van der Waals surface area contributed by atoms with Gasteiger partial charge in [0.05, 0.1) is 18.7 Å². The van der Waals surface area contributed by atoms with Crippen molar-refractivity contribution in [2.45, 2.75) is 58.5 Å². The molecule has 1 saturated carbocycles. The van der Waals surface area contributed by atoms with Crippen molar-refractivity contribution in [3.05, 3.63) is 53.2 Å². The van der Waals surface area contributed by atoms with E-state index in [0.29, 0.717) is 11.8 Å². The molecular formula is C23H28N4O3. The standard InChI is InChI=1S/C23H28N4O3/c1-14-12-20(23-26-25-22(30-23)18-6-5-7-18)16(3)27(14)13-21(28)24-15(2)17-8-10-19(29-4)11-9-17/h8-12,15,18H,5-7,13H2,1-4H3,(H,24,28)/t15-/m0/s1. The lowest BCUT2D eigenvalue weighted by atomic mass is 9.85. The van der Waals surface area contributed by atoms with E-state index >= 15 is 0 Å². The number of amides is 1. The number of nitrogens with one attached hydrogen (secondary N) is 1. The lowest BCUT2D eigenvalue weighted by Crippen LogP contribution is -2.30. The predicted octanol–water partition coefficient (Wildman–Crippen LogP) is 4.31. The SMILES string of the molecule is COc1ccc([C@H](C)NC(=O)Cn2c(C)cc(-c3nnc(C4CCC4)o3)c2C)cc1. The second-order valence-corrected chi connectivity index (χ2v) is 8.01. The van der Waals surface area contributed by atoms with Crippen molar-refractivity contribution in [2.24, 2.45) is 0 Å². The summed E-state index contributed by atoms with van der Waals surface area (Å²) in [6.45, 7) is 6.18. The molecule has 7 nitrogen and oxygen atoms in total. The summed E-state index contributed by atoms with van der Waals surface area (Å²) in [4.78, 5) is 12.7. The number of hydrogen-bond acceptors (Lipinski definition) is 5. The van der Waals surface area contributed by atoms with Crippen LogP contribution in [0.25, 0.3) is 11.5 Å². The number of aromatic nitrogens is 3. The smallest absolute Gasteiger partial charge is 0.249 e. The molecule has 7 heteroatoms. The van der Waals surface area contributed by atoms with E-state index in [0.717, 1.165) is 47.0 Å². The third-order valence-corrected chi connectivity index (χ3v) is 5.99. The van der Waals surface area contributed by atoms with Crippen LogP contribution in [-0.4, -0.2) is 27.8 Å². The van der Waals surface area contributed by atoms with E-state index in [2.05, 4.69) is 15.5 Å². The van der Waals surface area contributed by atoms with Crippen LogP contribution < -0.4 is 10.1 Å². The number of methoxy groups -OCH3 is 1. The fourth-order valence-corrected chi connectivity index (χ4v) is 3.83. The Morgan fingerprint density at radius 2 is 2.00 bits per heavy atom. The van der Waals surface area contributed by atoms with E-state index in [1.807, 2.05) is 55.7 Å². The Balaban J connectivity index is 1.45. The molecule has 1 amide bonds. The third kappa shape index (κ3) is 3.97. The largest absolute Gasteiger partial charge is 0.497 e. The van der Waals surface area contributed by atoms with Crippen LogP contribution in [0.1, 0.15) is 61.0 Å². The average Bonchev–Trinajstić information content (AvgIpc) is 3.27. The summed E-state index contributed by atoms with van der Waals surface area (Å²) in [6, 6.07) is 9.62. The van der Waals surface area contributed by atoms with Gasteiger partial charge in [-0.1, -0.05) is 18.6 Å².